The van der Waals surface area contributed by atoms with Crippen LogP contribution < -0.4 is 10.6 Å². The summed E-state index contributed by atoms with van der Waals surface area (Å²) >= 11 is 2.05. The summed E-state index contributed by atoms with van der Waals surface area (Å²) < 4.78 is 0.323. The van der Waals surface area contributed by atoms with E-state index in [1.54, 1.807) is 0 Å². The number of rotatable bonds is 5. The maximum absolute atomic E-state index is 4.32. The average Bonchev–Trinajstić information content (AvgIpc) is 3.27. The number of aliphatic imine (C=N–C) groups is 1. The molecule has 0 bridgehead atoms. The van der Waals surface area contributed by atoms with E-state index < -0.39 is 0 Å². The number of hydrogen-bond acceptors (Lipinski definition) is 4. The van der Waals surface area contributed by atoms with Crippen LogP contribution in [-0.2, 0) is 6.54 Å². The Labute approximate surface area is 170 Å². The van der Waals surface area contributed by atoms with Gasteiger partial charge in [0, 0.05) is 30.4 Å². The topological polar surface area (TPSA) is 78.0 Å². The zero-order valence-electron chi connectivity index (χ0n) is 14.6. The Kier molecular flexibility index (Phi) is 7.55. The minimum absolute atomic E-state index is 0. The first-order chi connectivity index (χ1) is 11.7. The van der Waals surface area contributed by atoms with Crippen LogP contribution >= 0.6 is 35.7 Å². The molecule has 1 fully saturated rings. The number of guanidine groups is 1. The van der Waals surface area contributed by atoms with Crippen molar-refractivity contribution in [2.45, 2.75) is 31.1 Å². The molecular formula is C17H25IN6S. The highest BCUT2D eigenvalue weighted by Gasteiger charge is 2.29. The SMILES string of the molecule is CN=C(NCc1cccc(-c2ncn[nH]2)c1)NCC1(C)CCCS1.I. The number of nitrogens with zero attached hydrogens (tertiary/aromatic N) is 3. The predicted octanol–water partition coefficient (Wildman–Crippen LogP) is 3.04. The summed E-state index contributed by atoms with van der Waals surface area (Å²) in [6, 6.07) is 8.25. The third-order valence-electron chi connectivity index (χ3n) is 4.23. The fourth-order valence-corrected chi connectivity index (χ4v) is 4.07. The van der Waals surface area contributed by atoms with Gasteiger partial charge in [-0.25, -0.2) is 4.98 Å². The summed E-state index contributed by atoms with van der Waals surface area (Å²) in [5.41, 5.74) is 2.21. The second kappa shape index (κ2) is 9.42. The molecule has 2 heterocycles. The second-order valence-corrected chi connectivity index (χ2v) is 7.90. The first kappa shape index (κ1) is 20.0. The van der Waals surface area contributed by atoms with Gasteiger partial charge in [-0.3, -0.25) is 10.1 Å². The Balaban J connectivity index is 0.00000225. The highest BCUT2D eigenvalue weighted by atomic mass is 127. The van der Waals surface area contributed by atoms with Crippen molar-refractivity contribution in [1.82, 2.24) is 25.8 Å². The molecule has 1 aromatic heterocycles. The van der Waals surface area contributed by atoms with E-state index in [1.165, 1.54) is 30.5 Å². The van der Waals surface area contributed by atoms with Gasteiger partial charge in [-0.15, -0.1) is 24.0 Å². The predicted molar refractivity (Wildman–Crippen MR) is 116 cm³/mol. The first-order valence-electron chi connectivity index (χ1n) is 8.22. The van der Waals surface area contributed by atoms with Gasteiger partial charge in [0.1, 0.15) is 6.33 Å². The first-order valence-corrected chi connectivity index (χ1v) is 9.20. The third-order valence-corrected chi connectivity index (χ3v) is 5.77. The monoisotopic (exact) mass is 472 g/mol. The minimum Gasteiger partial charge on any atom is -0.355 e. The normalized spacial score (nSPS) is 20.2. The Morgan fingerprint density at radius 1 is 1.40 bits per heavy atom. The van der Waals surface area contributed by atoms with Gasteiger partial charge in [0.2, 0.25) is 0 Å². The number of aromatic nitrogens is 3. The largest absolute Gasteiger partial charge is 0.355 e. The quantitative estimate of drug-likeness (QED) is 0.354. The van der Waals surface area contributed by atoms with Crippen molar-refractivity contribution >= 4 is 41.7 Å². The van der Waals surface area contributed by atoms with Gasteiger partial charge < -0.3 is 10.6 Å². The van der Waals surface area contributed by atoms with Gasteiger partial charge in [0.15, 0.2) is 11.8 Å². The van der Waals surface area contributed by atoms with E-state index in [-0.39, 0.29) is 24.0 Å². The summed E-state index contributed by atoms with van der Waals surface area (Å²) in [6.07, 6.45) is 4.10. The van der Waals surface area contributed by atoms with E-state index >= 15 is 0 Å². The van der Waals surface area contributed by atoms with E-state index in [1.807, 2.05) is 19.2 Å². The fraction of sp³-hybridized carbons (Fsp3) is 0.471. The summed E-state index contributed by atoms with van der Waals surface area (Å²) in [5.74, 6) is 2.89. The number of nitrogens with one attached hydrogen (secondary N) is 3. The number of thioether (sulfide) groups is 1. The number of H-pyrrole nitrogens is 1. The number of halogens is 1. The van der Waals surface area contributed by atoms with Crippen molar-refractivity contribution in [1.29, 1.82) is 0 Å². The van der Waals surface area contributed by atoms with Gasteiger partial charge in [0.25, 0.3) is 0 Å². The van der Waals surface area contributed by atoms with Crippen molar-refractivity contribution < 1.29 is 0 Å². The van der Waals surface area contributed by atoms with Crippen molar-refractivity contribution in [3.8, 4) is 11.4 Å². The van der Waals surface area contributed by atoms with Gasteiger partial charge >= 0.3 is 0 Å². The van der Waals surface area contributed by atoms with Crippen molar-refractivity contribution in [2.24, 2.45) is 4.99 Å². The molecule has 0 radical (unpaired) electrons. The van der Waals surface area contributed by atoms with E-state index in [9.17, 15) is 0 Å². The zero-order valence-corrected chi connectivity index (χ0v) is 17.7. The van der Waals surface area contributed by atoms with Crippen LogP contribution in [0.1, 0.15) is 25.3 Å². The Morgan fingerprint density at radius 3 is 2.96 bits per heavy atom. The molecule has 25 heavy (non-hydrogen) atoms. The second-order valence-electron chi connectivity index (χ2n) is 6.22. The Morgan fingerprint density at radius 2 is 2.28 bits per heavy atom. The summed E-state index contributed by atoms with van der Waals surface area (Å²) in [5, 5.41) is 13.6. The lowest BCUT2D eigenvalue weighted by Gasteiger charge is -2.24. The van der Waals surface area contributed by atoms with E-state index in [0.717, 1.165) is 23.9 Å². The fourth-order valence-electron chi connectivity index (χ4n) is 2.83. The summed E-state index contributed by atoms with van der Waals surface area (Å²) in [6.45, 7) is 3.98. The molecule has 1 saturated heterocycles. The van der Waals surface area contributed by atoms with Crippen LogP contribution in [0.4, 0.5) is 0 Å². The van der Waals surface area contributed by atoms with Crippen LogP contribution in [0.5, 0.6) is 0 Å². The van der Waals surface area contributed by atoms with Gasteiger partial charge in [-0.2, -0.15) is 16.9 Å². The molecule has 136 valence electrons. The van der Waals surface area contributed by atoms with Crippen LogP contribution in [0.2, 0.25) is 0 Å². The van der Waals surface area contributed by atoms with Gasteiger partial charge in [-0.05, 0) is 37.1 Å². The third kappa shape index (κ3) is 5.60. The molecule has 1 aromatic carbocycles. The Hall–Kier alpha value is -1.29. The molecule has 0 saturated carbocycles. The van der Waals surface area contributed by atoms with E-state index in [4.69, 9.17) is 0 Å². The van der Waals surface area contributed by atoms with Crippen molar-refractivity contribution in [2.75, 3.05) is 19.3 Å². The minimum atomic E-state index is 0. The lowest BCUT2D eigenvalue weighted by atomic mass is 10.1. The molecule has 1 aliphatic heterocycles. The standard InChI is InChI=1S/C17H24N6S.HI/c1-17(7-4-8-24-17)11-20-16(18-2)19-10-13-5-3-6-14(9-13)15-21-12-22-23-15;/h3,5-6,9,12H,4,7-8,10-11H2,1-2H3,(H2,18,19,20)(H,21,22,23);1H. The van der Waals surface area contributed by atoms with Gasteiger partial charge in [-0.1, -0.05) is 18.2 Å². The molecule has 3 N–H and O–H groups in total. The average molecular weight is 472 g/mol. The molecule has 1 atom stereocenters. The maximum atomic E-state index is 4.32. The van der Waals surface area contributed by atoms with Crippen LogP contribution in [0, 0.1) is 0 Å². The van der Waals surface area contributed by atoms with E-state index in [0.29, 0.717) is 11.3 Å². The highest BCUT2D eigenvalue weighted by Crippen LogP contribution is 2.36. The Bertz CT molecular complexity index is 682. The van der Waals surface area contributed by atoms with Crippen LogP contribution in [0.15, 0.2) is 35.6 Å². The van der Waals surface area contributed by atoms with Gasteiger partial charge in [0.05, 0.1) is 0 Å². The highest BCUT2D eigenvalue weighted by molar-refractivity contribution is 14.0. The lowest BCUT2D eigenvalue weighted by molar-refractivity contribution is 0.584. The smallest absolute Gasteiger partial charge is 0.191 e. The number of hydrogen-bond donors (Lipinski definition) is 3. The zero-order chi connectivity index (χ0) is 16.8. The summed E-state index contributed by atoms with van der Waals surface area (Å²) in [4.78, 5) is 8.52. The molecule has 1 unspecified atom stereocenters. The molecular weight excluding hydrogens is 447 g/mol. The molecule has 0 amide bonds. The molecule has 0 spiro atoms. The molecule has 3 rings (SSSR count). The maximum Gasteiger partial charge on any atom is 0.191 e. The van der Waals surface area contributed by atoms with E-state index in [2.05, 4.69) is 61.6 Å². The molecule has 6 nitrogen and oxygen atoms in total. The van der Waals surface area contributed by atoms with Crippen LogP contribution in [-0.4, -0.2) is 45.2 Å². The summed E-state index contributed by atoms with van der Waals surface area (Å²) in [7, 11) is 1.81. The number of aromatic amines is 1. The van der Waals surface area contributed by atoms with Crippen molar-refractivity contribution in [3.63, 3.8) is 0 Å². The molecule has 1 aliphatic rings. The lowest BCUT2D eigenvalue weighted by Crippen LogP contribution is -2.43. The molecule has 8 heteroatoms. The number of benzene rings is 1. The van der Waals surface area contributed by atoms with Crippen molar-refractivity contribution in [3.05, 3.63) is 36.2 Å². The van der Waals surface area contributed by atoms with Crippen LogP contribution in [0.3, 0.4) is 0 Å². The molecule has 0 aliphatic carbocycles. The van der Waals surface area contributed by atoms with Crippen LogP contribution in [0.25, 0.3) is 11.4 Å². The molecule has 2 aromatic rings.